The third-order valence-corrected chi connectivity index (χ3v) is 3.65. The maximum Gasteiger partial charge on any atom is 0.123 e. The highest BCUT2D eigenvalue weighted by molar-refractivity contribution is 5.22. The molecule has 1 saturated carbocycles. The molecule has 1 fully saturated rings. The molecule has 0 heterocycles. The number of ether oxygens (including phenoxy) is 1. The van der Waals surface area contributed by atoms with Gasteiger partial charge in [0.05, 0.1) is 0 Å². The van der Waals surface area contributed by atoms with Crippen LogP contribution in [-0.4, -0.2) is 29.9 Å². The Balaban J connectivity index is 1.69. The lowest BCUT2D eigenvalue weighted by atomic mass is 9.98. The van der Waals surface area contributed by atoms with Crippen LogP contribution in [0.4, 0.5) is 4.39 Å². The molecule has 0 spiro atoms. The summed E-state index contributed by atoms with van der Waals surface area (Å²) in [5, 5.41) is 13.2. The van der Waals surface area contributed by atoms with Crippen LogP contribution >= 0.6 is 0 Å². The molecule has 4 heteroatoms. The molecule has 3 nitrogen and oxygen atoms in total. The zero-order chi connectivity index (χ0) is 13.9. The van der Waals surface area contributed by atoms with E-state index in [1.165, 1.54) is 25.0 Å². The quantitative estimate of drug-likeness (QED) is 0.797. The van der Waals surface area contributed by atoms with Crippen LogP contribution in [-0.2, 0) is 0 Å². The van der Waals surface area contributed by atoms with Gasteiger partial charge in [0, 0.05) is 12.1 Å². The van der Waals surface area contributed by atoms with Gasteiger partial charge in [0.15, 0.2) is 0 Å². The van der Waals surface area contributed by atoms with E-state index < -0.39 is 6.10 Å². The van der Waals surface area contributed by atoms with Gasteiger partial charge in [-0.25, -0.2) is 4.39 Å². The Labute approximate surface area is 113 Å². The fraction of sp³-hybridized carbons (Fsp3) is 0.600. The minimum atomic E-state index is -0.567. The second-order valence-corrected chi connectivity index (χ2v) is 5.80. The number of benzene rings is 1. The van der Waals surface area contributed by atoms with Gasteiger partial charge in [0.25, 0.3) is 0 Å². The number of β-amino-alcohol motifs (C(OH)–C–C–N with tert-alkyl or cyclic N) is 1. The van der Waals surface area contributed by atoms with Gasteiger partial charge in [-0.05, 0) is 56.9 Å². The van der Waals surface area contributed by atoms with Gasteiger partial charge in [-0.15, -0.1) is 0 Å². The first kappa shape index (κ1) is 14.3. The molecule has 1 aromatic carbocycles. The smallest absolute Gasteiger partial charge is 0.123 e. The average Bonchev–Trinajstić information content (AvgIpc) is 3.20. The SMILES string of the molecule is CC(C)(NCC(O)COc1ccc(F)cc1)C1CC1. The molecule has 2 N–H and O–H groups in total. The summed E-state index contributed by atoms with van der Waals surface area (Å²) in [5.41, 5.74) is 0.0802. The van der Waals surface area contributed by atoms with Crippen LogP contribution in [0.1, 0.15) is 26.7 Å². The van der Waals surface area contributed by atoms with E-state index in [4.69, 9.17) is 4.74 Å². The largest absolute Gasteiger partial charge is 0.491 e. The molecule has 0 aliphatic heterocycles. The van der Waals surface area contributed by atoms with Gasteiger partial charge >= 0.3 is 0 Å². The summed E-state index contributed by atoms with van der Waals surface area (Å²) < 4.78 is 18.1. The highest BCUT2D eigenvalue weighted by atomic mass is 19.1. The van der Waals surface area contributed by atoms with Crippen LogP contribution in [0.15, 0.2) is 24.3 Å². The molecule has 19 heavy (non-hydrogen) atoms. The minimum absolute atomic E-state index is 0.0802. The monoisotopic (exact) mass is 267 g/mol. The van der Waals surface area contributed by atoms with Crippen LogP contribution in [0.25, 0.3) is 0 Å². The van der Waals surface area contributed by atoms with Crippen molar-refractivity contribution in [3.63, 3.8) is 0 Å². The van der Waals surface area contributed by atoms with Crippen molar-refractivity contribution >= 4 is 0 Å². The molecule has 0 amide bonds. The first-order chi connectivity index (χ1) is 8.97. The van der Waals surface area contributed by atoms with Gasteiger partial charge in [-0.1, -0.05) is 0 Å². The maximum absolute atomic E-state index is 12.7. The second kappa shape index (κ2) is 5.88. The van der Waals surface area contributed by atoms with Crippen molar-refractivity contribution in [1.29, 1.82) is 0 Å². The maximum atomic E-state index is 12.7. The number of aliphatic hydroxyl groups excluding tert-OH is 1. The number of hydrogen-bond donors (Lipinski definition) is 2. The molecular weight excluding hydrogens is 245 g/mol. The van der Waals surface area contributed by atoms with E-state index in [1.807, 2.05) is 0 Å². The van der Waals surface area contributed by atoms with Gasteiger partial charge < -0.3 is 15.2 Å². The molecule has 1 aromatic rings. The second-order valence-electron chi connectivity index (χ2n) is 5.80. The molecule has 0 radical (unpaired) electrons. The number of rotatable bonds is 7. The minimum Gasteiger partial charge on any atom is -0.491 e. The summed E-state index contributed by atoms with van der Waals surface area (Å²) in [6.07, 6.45) is 1.97. The van der Waals surface area contributed by atoms with Crippen LogP contribution < -0.4 is 10.1 Å². The van der Waals surface area contributed by atoms with Crippen LogP contribution in [0.2, 0.25) is 0 Å². The fourth-order valence-electron chi connectivity index (χ4n) is 2.11. The van der Waals surface area contributed by atoms with Crippen molar-refractivity contribution in [2.45, 2.75) is 38.3 Å². The standard InChI is InChI=1S/C15H22FNO2/c1-15(2,11-3-4-11)17-9-13(18)10-19-14-7-5-12(16)6-8-14/h5-8,11,13,17-18H,3-4,9-10H2,1-2H3. The predicted octanol–water partition coefficient (Wildman–Crippen LogP) is 2.34. The van der Waals surface area contributed by atoms with Crippen molar-refractivity contribution in [2.75, 3.05) is 13.2 Å². The van der Waals surface area contributed by atoms with Crippen molar-refractivity contribution in [3.05, 3.63) is 30.1 Å². The lowest BCUT2D eigenvalue weighted by Gasteiger charge is -2.27. The first-order valence-corrected chi connectivity index (χ1v) is 6.79. The number of nitrogens with one attached hydrogen (secondary N) is 1. The highest BCUT2D eigenvalue weighted by Gasteiger charge is 2.37. The van der Waals surface area contributed by atoms with E-state index in [0.717, 1.165) is 5.92 Å². The van der Waals surface area contributed by atoms with Gasteiger partial charge in [0.2, 0.25) is 0 Å². The molecule has 1 aliphatic carbocycles. The van der Waals surface area contributed by atoms with Crippen LogP contribution in [0.5, 0.6) is 5.75 Å². The lowest BCUT2D eigenvalue weighted by Crippen LogP contribution is -2.46. The fourth-order valence-corrected chi connectivity index (χ4v) is 2.11. The van der Waals surface area contributed by atoms with Crippen molar-refractivity contribution in [1.82, 2.24) is 5.32 Å². The van der Waals surface area contributed by atoms with Crippen molar-refractivity contribution < 1.29 is 14.2 Å². The summed E-state index contributed by atoms with van der Waals surface area (Å²) >= 11 is 0. The Morgan fingerprint density at radius 2 is 2.00 bits per heavy atom. The third kappa shape index (κ3) is 4.48. The van der Waals surface area contributed by atoms with Gasteiger partial charge in [-0.2, -0.15) is 0 Å². The van der Waals surface area contributed by atoms with E-state index in [9.17, 15) is 9.50 Å². The molecule has 1 aliphatic rings. The van der Waals surface area contributed by atoms with Gasteiger partial charge in [-0.3, -0.25) is 0 Å². The Hall–Kier alpha value is -1.13. The topological polar surface area (TPSA) is 41.5 Å². The Morgan fingerprint density at radius 3 is 2.58 bits per heavy atom. The van der Waals surface area contributed by atoms with Gasteiger partial charge in [0.1, 0.15) is 24.3 Å². The molecule has 0 bridgehead atoms. The number of halogens is 1. The zero-order valence-electron chi connectivity index (χ0n) is 11.5. The highest BCUT2D eigenvalue weighted by Crippen LogP contribution is 2.39. The van der Waals surface area contributed by atoms with E-state index >= 15 is 0 Å². The first-order valence-electron chi connectivity index (χ1n) is 6.79. The Kier molecular flexibility index (Phi) is 4.42. The van der Waals surface area contributed by atoms with E-state index in [2.05, 4.69) is 19.2 Å². The Bertz CT molecular complexity index is 401. The summed E-state index contributed by atoms with van der Waals surface area (Å²) in [7, 11) is 0. The third-order valence-electron chi connectivity index (χ3n) is 3.65. The molecular formula is C15H22FNO2. The van der Waals surface area contributed by atoms with Crippen molar-refractivity contribution in [2.24, 2.45) is 5.92 Å². The average molecular weight is 267 g/mol. The van der Waals surface area contributed by atoms with Crippen LogP contribution in [0, 0.1) is 11.7 Å². The summed E-state index contributed by atoms with van der Waals surface area (Å²) in [5.74, 6) is 1.00. The molecule has 1 atom stereocenters. The van der Waals surface area contributed by atoms with E-state index in [-0.39, 0.29) is 18.0 Å². The molecule has 2 rings (SSSR count). The Morgan fingerprint density at radius 1 is 1.37 bits per heavy atom. The van der Waals surface area contributed by atoms with E-state index in [1.54, 1.807) is 12.1 Å². The van der Waals surface area contributed by atoms with Crippen molar-refractivity contribution in [3.8, 4) is 5.75 Å². The normalized spacial score (nSPS) is 17.3. The zero-order valence-corrected chi connectivity index (χ0v) is 11.5. The summed E-state index contributed by atoms with van der Waals surface area (Å²) in [4.78, 5) is 0. The summed E-state index contributed by atoms with van der Waals surface area (Å²) in [6.45, 7) is 5.04. The molecule has 1 unspecified atom stereocenters. The molecule has 106 valence electrons. The molecule has 0 aromatic heterocycles. The lowest BCUT2D eigenvalue weighted by molar-refractivity contribution is 0.0970. The summed E-state index contributed by atoms with van der Waals surface area (Å²) in [6, 6.07) is 5.81. The van der Waals surface area contributed by atoms with E-state index in [0.29, 0.717) is 12.3 Å². The molecule has 0 saturated heterocycles. The predicted molar refractivity (Wildman–Crippen MR) is 72.7 cm³/mol. The van der Waals surface area contributed by atoms with Crippen LogP contribution in [0.3, 0.4) is 0 Å². The number of aliphatic hydroxyl groups is 1. The number of hydrogen-bond acceptors (Lipinski definition) is 3.